The molecule has 2 rings (SSSR count). The van der Waals surface area contributed by atoms with E-state index in [1.807, 2.05) is 36.5 Å². The summed E-state index contributed by atoms with van der Waals surface area (Å²) in [5, 5.41) is 0. The van der Waals surface area contributed by atoms with Crippen molar-refractivity contribution in [3.05, 3.63) is 49.0 Å². The molecule has 3 nitrogen and oxygen atoms in total. The Kier molecular flexibility index (Phi) is 4.40. The highest BCUT2D eigenvalue weighted by molar-refractivity contribution is 7.61. The first kappa shape index (κ1) is 10.9. The third-order valence-corrected chi connectivity index (χ3v) is 4.89. The van der Waals surface area contributed by atoms with Gasteiger partial charge in [-0.3, -0.25) is 4.31 Å². The summed E-state index contributed by atoms with van der Waals surface area (Å²) in [5.74, 6) is 0. The molecule has 0 aromatic rings. The summed E-state index contributed by atoms with van der Waals surface area (Å²) >= 11 is 0. The lowest BCUT2D eigenvalue weighted by Crippen LogP contribution is -1.89. The molecule has 15 heavy (non-hydrogen) atoms. The molecule has 0 amide bonds. The van der Waals surface area contributed by atoms with E-state index in [9.17, 15) is 0 Å². The summed E-state index contributed by atoms with van der Waals surface area (Å²) < 4.78 is 16.6. The van der Waals surface area contributed by atoms with Gasteiger partial charge in [-0.25, -0.2) is 0 Å². The van der Waals surface area contributed by atoms with E-state index in [0.717, 1.165) is 12.3 Å². The molecule has 2 aliphatic rings. The Hall–Kier alpha value is -0.620. The standard InChI is InChI=1S/C10H12O3P2/c1-3-7-11-14(9-5-1)13-15-10-6-2-4-8-12-15/h1-8H,9-10H2. The van der Waals surface area contributed by atoms with Crippen LogP contribution in [0.4, 0.5) is 0 Å². The smallest absolute Gasteiger partial charge is 0.239 e. The molecule has 5 heteroatoms. The van der Waals surface area contributed by atoms with E-state index in [1.165, 1.54) is 0 Å². The second-order valence-corrected chi connectivity index (χ2v) is 5.97. The van der Waals surface area contributed by atoms with Crippen LogP contribution >= 0.6 is 16.8 Å². The highest BCUT2D eigenvalue weighted by Crippen LogP contribution is 2.55. The highest BCUT2D eigenvalue weighted by Gasteiger charge is 2.19. The molecule has 2 aliphatic heterocycles. The molecule has 2 heterocycles. The van der Waals surface area contributed by atoms with Gasteiger partial charge in [0.1, 0.15) is 0 Å². The quantitative estimate of drug-likeness (QED) is 0.689. The number of allylic oxidation sites excluding steroid dienone is 6. The monoisotopic (exact) mass is 242 g/mol. The van der Waals surface area contributed by atoms with Gasteiger partial charge in [0.15, 0.2) is 0 Å². The van der Waals surface area contributed by atoms with Gasteiger partial charge >= 0.3 is 0 Å². The highest BCUT2D eigenvalue weighted by atomic mass is 31.2. The molecule has 0 aromatic carbocycles. The molecule has 0 fully saturated rings. The molecule has 2 atom stereocenters. The fourth-order valence-corrected chi connectivity index (χ4v) is 3.87. The number of hydrogen-bond acceptors (Lipinski definition) is 3. The summed E-state index contributed by atoms with van der Waals surface area (Å²) in [6.07, 6.45) is 16.7. The normalized spacial score (nSPS) is 29.1. The van der Waals surface area contributed by atoms with Crippen LogP contribution in [-0.2, 0) is 13.4 Å². The summed E-state index contributed by atoms with van der Waals surface area (Å²) in [6, 6.07) is 0. The van der Waals surface area contributed by atoms with Crippen molar-refractivity contribution in [2.24, 2.45) is 0 Å². The third kappa shape index (κ3) is 3.79. The average molecular weight is 242 g/mol. The number of rotatable bonds is 2. The zero-order valence-corrected chi connectivity index (χ0v) is 9.94. The minimum atomic E-state index is -0.871. The van der Waals surface area contributed by atoms with Crippen molar-refractivity contribution in [2.45, 2.75) is 0 Å². The molecule has 0 radical (unpaired) electrons. The van der Waals surface area contributed by atoms with E-state index in [-0.39, 0.29) is 0 Å². The van der Waals surface area contributed by atoms with E-state index in [4.69, 9.17) is 13.4 Å². The molecule has 0 N–H and O–H groups in total. The molecule has 2 unspecified atom stereocenters. The predicted molar refractivity (Wildman–Crippen MR) is 63.4 cm³/mol. The Morgan fingerprint density at radius 1 is 0.800 bits per heavy atom. The van der Waals surface area contributed by atoms with Crippen molar-refractivity contribution in [2.75, 3.05) is 12.3 Å². The number of hydrogen-bond donors (Lipinski definition) is 0. The Morgan fingerprint density at radius 2 is 1.33 bits per heavy atom. The molecule has 80 valence electrons. The van der Waals surface area contributed by atoms with Gasteiger partial charge < -0.3 is 9.05 Å². The van der Waals surface area contributed by atoms with Crippen molar-refractivity contribution in [3.8, 4) is 0 Å². The van der Waals surface area contributed by atoms with E-state index in [1.54, 1.807) is 12.5 Å². The van der Waals surface area contributed by atoms with Crippen LogP contribution in [0.15, 0.2) is 49.0 Å². The topological polar surface area (TPSA) is 27.7 Å². The zero-order chi connectivity index (χ0) is 10.3. The maximum Gasteiger partial charge on any atom is 0.239 e. The van der Waals surface area contributed by atoms with E-state index in [2.05, 4.69) is 0 Å². The molecule has 0 saturated heterocycles. The summed E-state index contributed by atoms with van der Waals surface area (Å²) in [5.41, 5.74) is 0. The van der Waals surface area contributed by atoms with Crippen LogP contribution in [0.3, 0.4) is 0 Å². The van der Waals surface area contributed by atoms with Gasteiger partial charge in [0.2, 0.25) is 16.8 Å². The lowest BCUT2D eigenvalue weighted by atomic mass is 10.5. The van der Waals surface area contributed by atoms with Crippen LogP contribution < -0.4 is 0 Å². The first-order valence-corrected chi connectivity index (χ1v) is 7.38. The summed E-state index contributed by atoms with van der Waals surface area (Å²) in [6.45, 7) is 0. The van der Waals surface area contributed by atoms with Crippen LogP contribution in [-0.4, -0.2) is 12.3 Å². The van der Waals surface area contributed by atoms with E-state index >= 15 is 0 Å². The van der Waals surface area contributed by atoms with Crippen LogP contribution in [0.2, 0.25) is 0 Å². The zero-order valence-electron chi connectivity index (χ0n) is 8.15. The lowest BCUT2D eigenvalue weighted by Gasteiger charge is -2.18. The molecular weight excluding hydrogens is 230 g/mol. The molecule has 0 aliphatic carbocycles. The second kappa shape index (κ2) is 6.07. The van der Waals surface area contributed by atoms with Crippen molar-refractivity contribution in [1.29, 1.82) is 0 Å². The average Bonchev–Trinajstić information content (AvgIpc) is 2.63. The second-order valence-electron chi connectivity index (χ2n) is 2.84. The van der Waals surface area contributed by atoms with Gasteiger partial charge in [0.05, 0.1) is 12.5 Å². The molecule has 0 aromatic heterocycles. The van der Waals surface area contributed by atoms with Gasteiger partial charge in [0, 0.05) is 12.3 Å². The van der Waals surface area contributed by atoms with Gasteiger partial charge in [-0.05, 0) is 12.2 Å². The lowest BCUT2D eigenvalue weighted by molar-refractivity contribution is 0.415. The van der Waals surface area contributed by atoms with E-state index < -0.39 is 16.8 Å². The van der Waals surface area contributed by atoms with Crippen LogP contribution in [0.25, 0.3) is 0 Å². The van der Waals surface area contributed by atoms with Gasteiger partial charge in [-0.1, -0.05) is 24.3 Å². The molecule has 0 bridgehead atoms. The molecule has 0 saturated carbocycles. The van der Waals surface area contributed by atoms with Crippen LogP contribution in [0.1, 0.15) is 0 Å². The third-order valence-electron chi connectivity index (χ3n) is 1.70. The first-order chi connectivity index (χ1) is 7.45. The van der Waals surface area contributed by atoms with Crippen LogP contribution in [0, 0.1) is 0 Å². The van der Waals surface area contributed by atoms with Crippen LogP contribution in [0.5, 0.6) is 0 Å². The molecule has 0 spiro atoms. The van der Waals surface area contributed by atoms with Gasteiger partial charge in [-0.15, -0.1) is 0 Å². The van der Waals surface area contributed by atoms with Crippen molar-refractivity contribution >= 4 is 16.8 Å². The first-order valence-electron chi connectivity index (χ1n) is 4.65. The maximum atomic E-state index is 5.77. The SMILES string of the molecule is C1=CCP(OP2CC=CC=CO2)OC=C1. The van der Waals surface area contributed by atoms with Crippen molar-refractivity contribution < 1.29 is 13.4 Å². The Balaban J connectivity index is 1.85. The summed E-state index contributed by atoms with van der Waals surface area (Å²) in [4.78, 5) is 0. The fraction of sp³-hybridized carbons (Fsp3) is 0.200. The predicted octanol–water partition coefficient (Wildman–Crippen LogP) is 3.83. The Labute approximate surface area is 91.9 Å². The minimum absolute atomic E-state index is 0.817. The fourth-order valence-electron chi connectivity index (χ4n) is 1.04. The molecular formula is C10H12O3P2. The Bertz CT molecular complexity index is 252. The largest absolute Gasteiger partial charge is 0.455 e. The van der Waals surface area contributed by atoms with Crippen molar-refractivity contribution in [1.82, 2.24) is 0 Å². The minimum Gasteiger partial charge on any atom is -0.455 e. The van der Waals surface area contributed by atoms with Gasteiger partial charge in [-0.2, -0.15) is 0 Å². The maximum absolute atomic E-state index is 5.77. The van der Waals surface area contributed by atoms with Crippen molar-refractivity contribution in [3.63, 3.8) is 0 Å². The van der Waals surface area contributed by atoms with Gasteiger partial charge in [0.25, 0.3) is 0 Å². The van der Waals surface area contributed by atoms with E-state index in [0.29, 0.717) is 0 Å². The Morgan fingerprint density at radius 3 is 1.87 bits per heavy atom. The summed E-state index contributed by atoms with van der Waals surface area (Å²) in [7, 11) is -1.74.